The lowest BCUT2D eigenvalue weighted by Crippen LogP contribution is -2.32. The predicted octanol–water partition coefficient (Wildman–Crippen LogP) is 2.48. The van der Waals surface area contributed by atoms with Crippen molar-refractivity contribution in [3.05, 3.63) is 33.8 Å². The minimum Gasteiger partial charge on any atom is -0.310 e. The van der Waals surface area contributed by atoms with Gasteiger partial charge in [0, 0.05) is 17.1 Å². The first-order chi connectivity index (χ1) is 5.77. The van der Waals surface area contributed by atoms with Gasteiger partial charge in [0.25, 0.3) is 0 Å². The summed E-state index contributed by atoms with van der Waals surface area (Å²) in [4.78, 5) is 0. The van der Waals surface area contributed by atoms with Crippen molar-refractivity contribution in [1.82, 2.24) is 5.32 Å². The van der Waals surface area contributed by atoms with Crippen LogP contribution in [0, 0.1) is 0 Å². The highest BCUT2D eigenvalue weighted by molar-refractivity contribution is 9.10. The van der Waals surface area contributed by atoms with E-state index in [9.17, 15) is 0 Å². The fourth-order valence-corrected chi connectivity index (χ4v) is 2.23. The van der Waals surface area contributed by atoms with E-state index in [1.807, 2.05) is 0 Å². The van der Waals surface area contributed by atoms with E-state index in [1.165, 1.54) is 15.6 Å². The molecule has 0 spiro atoms. The van der Waals surface area contributed by atoms with Crippen molar-refractivity contribution in [2.45, 2.75) is 25.9 Å². The van der Waals surface area contributed by atoms with Gasteiger partial charge in [-0.05, 0) is 30.5 Å². The largest absolute Gasteiger partial charge is 0.310 e. The van der Waals surface area contributed by atoms with Crippen molar-refractivity contribution in [1.29, 1.82) is 0 Å². The summed E-state index contributed by atoms with van der Waals surface area (Å²) < 4.78 is 1.26. The van der Waals surface area contributed by atoms with Crippen molar-refractivity contribution in [3.8, 4) is 0 Å². The molecule has 0 bridgehead atoms. The van der Waals surface area contributed by atoms with E-state index in [-0.39, 0.29) is 0 Å². The number of halogens is 1. The number of hydrogen-bond acceptors (Lipinski definition) is 1. The Kier molecular flexibility index (Phi) is 2.20. The number of hydrogen-bond donors (Lipinski definition) is 1. The quantitative estimate of drug-likeness (QED) is 0.716. The van der Waals surface area contributed by atoms with Crippen LogP contribution >= 0.6 is 15.9 Å². The summed E-state index contributed by atoms with van der Waals surface area (Å²) in [5.41, 5.74) is 2.91. The maximum atomic E-state index is 3.58. The van der Waals surface area contributed by atoms with Gasteiger partial charge in [0.15, 0.2) is 0 Å². The van der Waals surface area contributed by atoms with Crippen LogP contribution in [0.4, 0.5) is 0 Å². The molecule has 0 saturated carbocycles. The maximum Gasteiger partial charge on any atom is 0.0211 e. The standard InChI is InChI=1S/C10H12BrN/c1-7-5-9-8(6-12-7)3-2-4-10(9)11/h2-4,7,12H,5-6H2,1H3/t7-/m0/s1. The van der Waals surface area contributed by atoms with Gasteiger partial charge in [-0.1, -0.05) is 28.1 Å². The first kappa shape index (κ1) is 8.27. The SMILES string of the molecule is C[C@H]1Cc2c(Br)cccc2CN1. The zero-order chi connectivity index (χ0) is 8.55. The van der Waals surface area contributed by atoms with Crippen LogP contribution in [0.5, 0.6) is 0 Å². The molecule has 0 aromatic heterocycles. The lowest BCUT2D eigenvalue weighted by molar-refractivity contribution is 0.512. The lowest BCUT2D eigenvalue weighted by atomic mass is 9.97. The second-order valence-electron chi connectivity index (χ2n) is 3.36. The van der Waals surface area contributed by atoms with Gasteiger partial charge in [-0.15, -0.1) is 0 Å². The average Bonchev–Trinajstić information content (AvgIpc) is 2.07. The lowest BCUT2D eigenvalue weighted by Gasteiger charge is -2.23. The average molecular weight is 226 g/mol. The highest BCUT2D eigenvalue weighted by Crippen LogP contribution is 2.24. The van der Waals surface area contributed by atoms with Crippen LogP contribution in [-0.2, 0) is 13.0 Å². The van der Waals surface area contributed by atoms with Crippen molar-refractivity contribution in [2.75, 3.05) is 0 Å². The molecule has 1 aliphatic rings. The second kappa shape index (κ2) is 3.19. The van der Waals surface area contributed by atoms with Crippen LogP contribution < -0.4 is 5.32 Å². The van der Waals surface area contributed by atoms with Crippen molar-refractivity contribution < 1.29 is 0 Å². The predicted molar refractivity (Wildman–Crippen MR) is 54.1 cm³/mol. The zero-order valence-corrected chi connectivity index (χ0v) is 8.69. The van der Waals surface area contributed by atoms with E-state index >= 15 is 0 Å². The van der Waals surface area contributed by atoms with E-state index in [2.05, 4.69) is 46.4 Å². The topological polar surface area (TPSA) is 12.0 Å². The number of fused-ring (bicyclic) bond motifs is 1. The molecule has 64 valence electrons. The third kappa shape index (κ3) is 1.41. The summed E-state index contributed by atoms with van der Waals surface area (Å²) in [6, 6.07) is 7.02. The van der Waals surface area contributed by atoms with E-state index in [0.717, 1.165) is 13.0 Å². The zero-order valence-electron chi connectivity index (χ0n) is 7.10. The third-order valence-corrected chi connectivity index (χ3v) is 3.11. The summed E-state index contributed by atoms with van der Waals surface area (Å²) >= 11 is 3.58. The normalized spacial score (nSPS) is 22.0. The Labute approximate surface area is 81.3 Å². The Morgan fingerprint density at radius 2 is 2.33 bits per heavy atom. The Morgan fingerprint density at radius 3 is 3.17 bits per heavy atom. The van der Waals surface area contributed by atoms with E-state index in [0.29, 0.717) is 6.04 Å². The Bertz CT molecular complexity index is 296. The van der Waals surface area contributed by atoms with Crippen molar-refractivity contribution in [2.24, 2.45) is 0 Å². The van der Waals surface area contributed by atoms with Gasteiger partial charge in [-0.25, -0.2) is 0 Å². The van der Waals surface area contributed by atoms with Gasteiger partial charge < -0.3 is 5.32 Å². The number of benzene rings is 1. The summed E-state index contributed by atoms with van der Waals surface area (Å²) in [5.74, 6) is 0. The van der Waals surface area contributed by atoms with Gasteiger partial charge in [-0.3, -0.25) is 0 Å². The molecular formula is C10H12BrN. The third-order valence-electron chi connectivity index (χ3n) is 2.37. The summed E-state index contributed by atoms with van der Waals surface area (Å²) in [7, 11) is 0. The van der Waals surface area contributed by atoms with Crippen molar-refractivity contribution in [3.63, 3.8) is 0 Å². The van der Waals surface area contributed by atoms with Crippen LogP contribution in [0.15, 0.2) is 22.7 Å². The molecule has 12 heavy (non-hydrogen) atoms. The number of nitrogens with one attached hydrogen (secondary N) is 1. The highest BCUT2D eigenvalue weighted by Gasteiger charge is 2.15. The van der Waals surface area contributed by atoms with Gasteiger partial charge in [0.05, 0.1) is 0 Å². The second-order valence-corrected chi connectivity index (χ2v) is 4.22. The van der Waals surface area contributed by atoms with E-state index < -0.39 is 0 Å². The first-order valence-electron chi connectivity index (χ1n) is 4.27. The highest BCUT2D eigenvalue weighted by atomic mass is 79.9. The van der Waals surface area contributed by atoms with Gasteiger partial charge in [0.1, 0.15) is 0 Å². The minimum atomic E-state index is 0.608. The summed E-state index contributed by atoms with van der Waals surface area (Å²) in [5, 5.41) is 3.44. The molecular weight excluding hydrogens is 214 g/mol. The van der Waals surface area contributed by atoms with E-state index in [4.69, 9.17) is 0 Å². The van der Waals surface area contributed by atoms with Crippen LogP contribution in [-0.4, -0.2) is 6.04 Å². The molecule has 0 saturated heterocycles. The monoisotopic (exact) mass is 225 g/mol. The smallest absolute Gasteiger partial charge is 0.0211 e. The molecule has 0 amide bonds. The molecule has 1 N–H and O–H groups in total. The molecule has 2 heteroatoms. The summed E-state index contributed by atoms with van der Waals surface area (Å²) in [6.45, 7) is 3.23. The molecule has 2 rings (SSSR count). The van der Waals surface area contributed by atoms with Crippen molar-refractivity contribution >= 4 is 15.9 Å². The Balaban J connectivity index is 2.43. The fraction of sp³-hybridized carbons (Fsp3) is 0.400. The Morgan fingerprint density at radius 1 is 1.50 bits per heavy atom. The molecule has 1 atom stereocenters. The van der Waals surface area contributed by atoms with E-state index in [1.54, 1.807) is 0 Å². The van der Waals surface area contributed by atoms with Gasteiger partial charge in [-0.2, -0.15) is 0 Å². The molecule has 0 radical (unpaired) electrons. The molecule has 0 unspecified atom stereocenters. The maximum absolute atomic E-state index is 3.58. The Hall–Kier alpha value is -0.340. The fourth-order valence-electron chi connectivity index (χ4n) is 1.66. The molecule has 1 aromatic carbocycles. The molecule has 1 nitrogen and oxygen atoms in total. The molecule has 1 heterocycles. The summed E-state index contributed by atoms with van der Waals surface area (Å²) in [6.07, 6.45) is 1.14. The van der Waals surface area contributed by atoms with Crippen LogP contribution in [0.3, 0.4) is 0 Å². The van der Waals surface area contributed by atoms with Gasteiger partial charge in [0.2, 0.25) is 0 Å². The van der Waals surface area contributed by atoms with Crippen LogP contribution in [0.25, 0.3) is 0 Å². The minimum absolute atomic E-state index is 0.608. The van der Waals surface area contributed by atoms with Crippen LogP contribution in [0.2, 0.25) is 0 Å². The molecule has 1 aromatic rings. The first-order valence-corrected chi connectivity index (χ1v) is 5.06. The molecule has 1 aliphatic heterocycles. The van der Waals surface area contributed by atoms with Gasteiger partial charge >= 0.3 is 0 Å². The van der Waals surface area contributed by atoms with Crippen LogP contribution in [0.1, 0.15) is 18.1 Å². The number of rotatable bonds is 0. The molecule has 0 aliphatic carbocycles. The molecule has 0 fully saturated rings.